The molecule has 0 amide bonds. The average molecular weight is 186 g/mol. The molecule has 0 radical (unpaired) electrons. The molecule has 1 aromatic rings. The number of nitrogens with two attached hydrogens (primary N) is 1. The first-order valence-electron chi connectivity index (χ1n) is 3.51. The molecule has 0 aliphatic carbocycles. The van der Waals surface area contributed by atoms with Crippen LogP contribution in [0.3, 0.4) is 0 Å². The van der Waals surface area contributed by atoms with Crippen molar-refractivity contribution in [3.05, 3.63) is 29.8 Å². The fourth-order valence-corrected chi connectivity index (χ4v) is 0.770. The lowest BCUT2D eigenvalue weighted by atomic mass is 10.3. The molecule has 0 aromatic heterocycles. The van der Waals surface area contributed by atoms with Crippen molar-refractivity contribution in [3.8, 4) is 5.75 Å². The number of benzene rings is 1. The molecular formula is C8H8F2N2O. The third kappa shape index (κ3) is 2.40. The van der Waals surface area contributed by atoms with E-state index in [4.69, 9.17) is 11.1 Å². The van der Waals surface area contributed by atoms with E-state index in [1.54, 1.807) is 0 Å². The molecular weight excluding hydrogens is 178 g/mol. The van der Waals surface area contributed by atoms with Crippen LogP contribution in [0, 0.1) is 17.0 Å². The van der Waals surface area contributed by atoms with Gasteiger partial charge in [0, 0.05) is 0 Å². The number of rotatable bonds is 3. The highest BCUT2D eigenvalue weighted by molar-refractivity contribution is 5.78. The Balaban J connectivity index is 2.81. The summed E-state index contributed by atoms with van der Waals surface area (Å²) in [6, 6.07) is 3.36. The monoisotopic (exact) mass is 186 g/mol. The van der Waals surface area contributed by atoms with Gasteiger partial charge in [0.05, 0.1) is 0 Å². The Morgan fingerprint density at radius 2 is 1.92 bits per heavy atom. The summed E-state index contributed by atoms with van der Waals surface area (Å²) in [5.41, 5.74) is 4.95. The van der Waals surface area contributed by atoms with E-state index in [-0.39, 0.29) is 12.4 Å². The quantitative estimate of drug-likeness (QED) is 0.551. The van der Waals surface area contributed by atoms with Gasteiger partial charge in [0.2, 0.25) is 0 Å². The van der Waals surface area contributed by atoms with E-state index in [2.05, 4.69) is 4.74 Å². The topological polar surface area (TPSA) is 59.1 Å². The minimum absolute atomic E-state index is 0.289. The van der Waals surface area contributed by atoms with Gasteiger partial charge in [-0.15, -0.1) is 0 Å². The summed E-state index contributed by atoms with van der Waals surface area (Å²) in [4.78, 5) is 0. The molecule has 1 rings (SSSR count). The van der Waals surface area contributed by atoms with Crippen LogP contribution in [-0.4, -0.2) is 12.4 Å². The molecule has 0 bridgehead atoms. The van der Waals surface area contributed by atoms with Gasteiger partial charge in [-0.2, -0.15) is 0 Å². The van der Waals surface area contributed by atoms with Crippen molar-refractivity contribution in [1.82, 2.24) is 0 Å². The molecule has 0 unspecified atom stereocenters. The fraction of sp³-hybridized carbons (Fsp3) is 0.125. The molecule has 0 atom stereocenters. The van der Waals surface area contributed by atoms with Crippen molar-refractivity contribution in [2.45, 2.75) is 0 Å². The van der Waals surface area contributed by atoms with Gasteiger partial charge in [0.1, 0.15) is 12.4 Å². The van der Waals surface area contributed by atoms with Gasteiger partial charge in [-0.3, -0.25) is 5.41 Å². The molecule has 0 saturated carbocycles. The third-order valence-corrected chi connectivity index (χ3v) is 1.29. The second-order valence-electron chi connectivity index (χ2n) is 2.36. The molecule has 0 aliphatic rings. The predicted octanol–water partition coefficient (Wildman–Crippen LogP) is 1.28. The van der Waals surface area contributed by atoms with Crippen LogP contribution in [0.1, 0.15) is 0 Å². The average Bonchev–Trinajstić information content (AvgIpc) is 2.03. The maximum atomic E-state index is 12.8. The minimum Gasteiger partial charge on any atom is -0.480 e. The summed E-state index contributed by atoms with van der Waals surface area (Å²) in [5.74, 6) is -2.40. The highest BCUT2D eigenvalue weighted by Crippen LogP contribution is 2.20. The maximum Gasteiger partial charge on any atom is 0.191 e. The molecule has 0 spiro atoms. The number of ether oxygens (including phenoxy) is 1. The first kappa shape index (κ1) is 9.44. The molecule has 0 saturated heterocycles. The molecule has 0 aliphatic heterocycles. The van der Waals surface area contributed by atoms with Crippen molar-refractivity contribution in [3.63, 3.8) is 0 Å². The van der Waals surface area contributed by atoms with E-state index in [1.807, 2.05) is 0 Å². The Morgan fingerprint density at radius 1 is 1.38 bits per heavy atom. The highest BCUT2D eigenvalue weighted by atomic mass is 19.1. The van der Waals surface area contributed by atoms with Gasteiger partial charge in [-0.25, -0.2) is 8.78 Å². The summed E-state index contributed by atoms with van der Waals surface area (Å²) in [5, 5.41) is 6.79. The Labute approximate surface area is 73.6 Å². The minimum atomic E-state index is -0.804. The molecule has 3 nitrogen and oxygen atoms in total. The normalized spacial score (nSPS) is 9.69. The number of hydrogen-bond acceptors (Lipinski definition) is 2. The van der Waals surface area contributed by atoms with E-state index < -0.39 is 17.4 Å². The van der Waals surface area contributed by atoms with Gasteiger partial charge in [-0.1, -0.05) is 6.07 Å². The van der Waals surface area contributed by atoms with Crippen molar-refractivity contribution in [2.24, 2.45) is 5.73 Å². The van der Waals surface area contributed by atoms with Crippen molar-refractivity contribution >= 4 is 5.84 Å². The number of amidine groups is 1. The summed E-state index contributed by atoms with van der Waals surface area (Å²) >= 11 is 0. The standard InChI is InChI=1S/C8H8F2N2O/c9-5-2-1-3-6(10)8(5)13-4-7(11)12/h1-3H,4H2,(H3,11,12). The van der Waals surface area contributed by atoms with E-state index >= 15 is 0 Å². The van der Waals surface area contributed by atoms with Crippen molar-refractivity contribution in [2.75, 3.05) is 6.61 Å². The number of para-hydroxylation sites is 1. The number of nitrogens with one attached hydrogen (secondary N) is 1. The number of hydrogen-bond donors (Lipinski definition) is 2. The summed E-state index contributed by atoms with van der Waals surface area (Å²) in [6.07, 6.45) is 0. The van der Waals surface area contributed by atoms with Crippen LogP contribution in [0.5, 0.6) is 5.75 Å². The van der Waals surface area contributed by atoms with Crippen LogP contribution < -0.4 is 10.5 Å². The van der Waals surface area contributed by atoms with E-state index in [9.17, 15) is 8.78 Å². The molecule has 3 N–H and O–H groups in total. The Kier molecular flexibility index (Phi) is 2.79. The Hall–Kier alpha value is -1.65. The van der Waals surface area contributed by atoms with Gasteiger partial charge in [0.15, 0.2) is 17.4 Å². The smallest absolute Gasteiger partial charge is 0.191 e. The third-order valence-electron chi connectivity index (χ3n) is 1.29. The lowest BCUT2D eigenvalue weighted by Crippen LogP contribution is -2.20. The Morgan fingerprint density at radius 3 is 2.38 bits per heavy atom. The van der Waals surface area contributed by atoms with Gasteiger partial charge < -0.3 is 10.5 Å². The van der Waals surface area contributed by atoms with Crippen LogP contribution in [0.15, 0.2) is 18.2 Å². The van der Waals surface area contributed by atoms with Crippen LogP contribution in [-0.2, 0) is 0 Å². The second kappa shape index (κ2) is 3.84. The van der Waals surface area contributed by atoms with E-state index in [0.717, 1.165) is 12.1 Å². The van der Waals surface area contributed by atoms with E-state index in [0.29, 0.717) is 0 Å². The second-order valence-corrected chi connectivity index (χ2v) is 2.36. The fourth-order valence-electron chi connectivity index (χ4n) is 0.770. The largest absolute Gasteiger partial charge is 0.480 e. The maximum absolute atomic E-state index is 12.8. The van der Waals surface area contributed by atoms with Gasteiger partial charge in [0.25, 0.3) is 0 Å². The predicted molar refractivity (Wildman–Crippen MR) is 43.8 cm³/mol. The first-order valence-corrected chi connectivity index (χ1v) is 3.51. The Bertz CT molecular complexity index is 308. The number of halogens is 2. The van der Waals surface area contributed by atoms with Crippen LogP contribution in [0.2, 0.25) is 0 Å². The van der Waals surface area contributed by atoms with Gasteiger partial charge in [-0.05, 0) is 12.1 Å². The zero-order chi connectivity index (χ0) is 9.84. The summed E-state index contributed by atoms with van der Waals surface area (Å²) in [7, 11) is 0. The van der Waals surface area contributed by atoms with Crippen LogP contribution >= 0.6 is 0 Å². The van der Waals surface area contributed by atoms with E-state index in [1.165, 1.54) is 6.07 Å². The van der Waals surface area contributed by atoms with Crippen LogP contribution in [0.25, 0.3) is 0 Å². The van der Waals surface area contributed by atoms with Crippen molar-refractivity contribution in [1.29, 1.82) is 5.41 Å². The molecule has 13 heavy (non-hydrogen) atoms. The lowest BCUT2D eigenvalue weighted by Gasteiger charge is -2.06. The molecule has 0 heterocycles. The SMILES string of the molecule is N=C(N)COc1c(F)cccc1F. The molecule has 70 valence electrons. The van der Waals surface area contributed by atoms with Crippen molar-refractivity contribution < 1.29 is 13.5 Å². The first-order chi connectivity index (χ1) is 6.11. The lowest BCUT2D eigenvalue weighted by molar-refractivity contribution is 0.330. The highest BCUT2D eigenvalue weighted by Gasteiger charge is 2.09. The summed E-state index contributed by atoms with van der Waals surface area (Å²) < 4.78 is 30.3. The molecule has 0 fully saturated rings. The molecule has 1 aromatic carbocycles. The zero-order valence-corrected chi connectivity index (χ0v) is 6.68. The zero-order valence-electron chi connectivity index (χ0n) is 6.68. The summed E-state index contributed by atoms with van der Waals surface area (Å²) in [6.45, 7) is -0.322. The van der Waals surface area contributed by atoms with Gasteiger partial charge >= 0.3 is 0 Å². The molecule has 5 heteroatoms. The van der Waals surface area contributed by atoms with Crippen LogP contribution in [0.4, 0.5) is 8.78 Å².